The summed E-state index contributed by atoms with van der Waals surface area (Å²) in [5.74, 6) is 0. The minimum absolute atomic E-state index is 0.491. The van der Waals surface area contributed by atoms with Crippen molar-refractivity contribution in [3.05, 3.63) is 65.3 Å². The van der Waals surface area contributed by atoms with Gasteiger partial charge in [-0.1, -0.05) is 31.7 Å². The van der Waals surface area contributed by atoms with Gasteiger partial charge in [-0.3, -0.25) is 0 Å². The quantitative estimate of drug-likeness (QED) is 0.778. The van der Waals surface area contributed by atoms with Crippen molar-refractivity contribution < 1.29 is 0 Å². The summed E-state index contributed by atoms with van der Waals surface area (Å²) >= 11 is 0. The zero-order valence-corrected chi connectivity index (χ0v) is 10.7. The number of allylic oxidation sites excluding steroid dienone is 5. The van der Waals surface area contributed by atoms with Gasteiger partial charge in [0.25, 0.3) is 0 Å². The topological polar surface area (TPSA) is 49.9 Å². The standard InChI is InChI=1S/C16H18N2/c1-3-14-10-13(5-7-16(14)18)9-12-4-6-15(17)11(2)8-12/h4-8,10,17H,2-3,9,18H2,1H3. The molecule has 0 aliphatic heterocycles. The molecule has 1 aliphatic rings. The zero-order chi connectivity index (χ0) is 13.1. The summed E-state index contributed by atoms with van der Waals surface area (Å²) in [5, 5.41) is 7.61. The molecule has 0 saturated carbocycles. The predicted molar refractivity (Wildman–Crippen MR) is 78.0 cm³/mol. The SMILES string of the molecule is C=C1C=C(Cc2ccc(N)c(CC)c2)C=CC1=N. The maximum Gasteiger partial charge on any atom is 0.0606 e. The lowest BCUT2D eigenvalue weighted by atomic mass is 9.95. The molecule has 1 aliphatic carbocycles. The molecule has 18 heavy (non-hydrogen) atoms. The van der Waals surface area contributed by atoms with E-state index in [2.05, 4.69) is 25.6 Å². The van der Waals surface area contributed by atoms with Crippen molar-refractivity contribution in [2.45, 2.75) is 19.8 Å². The summed E-state index contributed by atoms with van der Waals surface area (Å²) in [6, 6.07) is 6.19. The second-order valence-corrected chi connectivity index (χ2v) is 4.55. The van der Waals surface area contributed by atoms with Gasteiger partial charge >= 0.3 is 0 Å². The van der Waals surface area contributed by atoms with Crippen molar-refractivity contribution in [3.63, 3.8) is 0 Å². The normalized spacial score (nSPS) is 14.8. The third-order valence-electron chi connectivity index (χ3n) is 3.17. The highest BCUT2D eigenvalue weighted by molar-refractivity contribution is 6.09. The van der Waals surface area contributed by atoms with Crippen LogP contribution in [0.4, 0.5) is 5.69 Å². The first-order valence-electron chi connectivity index (χ1n) is 6.14. The summed E-state index contributed by atoms with van der Waals surface area (Å²) in [5.41, 5.74) is 11.7. The second-order valence-electron chi connectivity index (χ2n) is 4.55. The molecule has 0 atom stereocenters. The Morgan fingerprint density at radius 1 is 1.28 bits per heavy atom. The number of benzene rings is 1. The number of nitrogen functional groups attached to an aromatic ring is 1. The summed E-state index contributed by atoms with van der Waals surface area (Å²) < 4.78 is 0. The maximum absolute atomic E-state index is 7.61. The third-order valence-corrected chi connectivity index (χ3v) is 3.17. The Balaban J connectivity index is 2.20. The van der Waals surface area contributed by atoms with Crippen LogP contribution in [0.5, 0.6) is 0 Å². The lowest BCUT2D eigenvalue weighted by Gasteiger charge is -2.11. The van der Waals surface area contributed by atoms with Gasteiger partial charge in [-0.25, -0.2) is 0 Å². The van der Waals surface area contributed by atoms with Crippen LogP contribution in [0.25, 0.3) is 0 Å². The molecule has 1 aromatic carbocycles. The van der Waals surface area contributed by atoms with Crippen molar-refractivity contribution in [3.8, 4) is 0 Å². The molecule has 0 aromatic heterocycles. The van der Waals surface area contributed by atoms with Gasteiger partial charge in [-0.2, -0.15) is 0 Å². The van der Waals surface area contributed by atoms with Gasteiger partial charge in [0.1, 0.15) is 0 Å². The van der Waals surface area contributed by atoms with E-state index in [0.29, 0.717) is 5.71 Å². The van der Waals surface area contributed by atoms with Gasteiger partial charge in [0.2, 0.25) is 0 Å². The van der Waals surface area contributed by atoms with Gasteiger partial charge in [0.05, 0.1) is 5.71 Å². The molecule has 3 N–H and O–H groups in total. The van der Waals surface area contributed by atoms with Gasteiger partial charge in [-0.15, -0.1) is 0 Å². The van der Waals surface area contributed by atoms with E-state index in [9.17, 15) is 0 Å². The molecule has 1 aromatic rings. The predicted octanol–water partition coefficient (Wildman–Crippen LogP) is 3.45. The average Bonchev–Trinajstić information content (AvgIpc) is 2.36. The molecule has 0 bridgehead atoms. The van der Waals surface area contributed by atoms with Crippen LogP contribution in [0.15, 0.2) is 54.2 Å². The van der Waals surface area contributed by atoms with E-state index in [1.165, 1.54) is 16.7 Å². The molecule has 0 unspecified atom stereocenters. The molecular weight excluding hydrogens is 220 g/mol. The zero-order valence-electron chi connectivity index (χ0n) is 10.7. The lowest BCUT2D eigenvalue weighted by Crippen LogP contribution is -2.02. The molecule has 0 amide bonds. The van der Waals surface area contributed by atoms with Crippen LogP contribution in [0.3, 0.4) is 0 Å². The minimum atomic E-state index is 0.491. The van der Waals surface area contributed by atoms with E-state index in [1.807, 2.05) is 18.2 Å². The Bertz CT molecular complexity index is 562. The highest BCUT2D eigenvalue weighted by atomic mass is 14.6. The minimum Gasteiger partial charge on any atom is -0.399 e. The van der Waals surface area contributed by atoms with E-state index in [1.54, 1.807) is 6.08 Å². The van der Waals surface area contributed by atoms with E-state index >= 15 is 0 Å². The van der Waals surface area contributed by atoms with Gasteiger partial charge in [0.15, 0.2) is 0 Å². The summed E-state index contributed by atoms with van der Waals surface area (Å²) in [6.45, 7) is 5.97. The Morgan fingerprint density at radius 3 is 2.72 bits per heavy atom. The molecule has 0 spiro atoms. The van der Waals surface area contributed by atoms with Gasteiger partial charge in [0, 0.05) is 5.69 Å². The molecule has 2 rings (SSSR count). The maximum atomic E-state index is 7.61. The average molecular weight is 238 g/mol. The van der Waals surface area contributed by atoms with E-state index in [-0.39, 0.29) is 0 Å². The number of nitrogens with one attached hydrogen (secondary N) is 1. The molecule has 92 valence electrons. The second kappa shape index (κ2) is 5.05. The summed E-state index contributed by atoms with van der Waals surface area (Å²) in [6.07, 6.45) is 7.57. The summed E-state index contributed by atoms with van der Waals surface area (Å²) in [7, 11) is 0. The van der Waals surface area contributed by atoms with E-state index < -0.39 is 0 Å². The van der Waals surface area contributed by atoms with Gasteiger partial charge in [-0.05, 0) is 53.3 Å². The number of nitrogens with two attached hydrogens (primary N) is 1. The van der Waals surface area contributed by atoms with Crippen LogP contribution in [0.2, 0.25) is 0 Å². The Labute approximate surface area is 108 Å². The number of hydrogen-bond donors (Lipinski definition) is 2. The Morgan fingerprint density at radius 2 is 2.06 bits per heavy atom. The molecule has 0 fully saturated rings. The fraction of sp³-hybridized carbons (Fsp3) is 0.188. The van der Waals surface area contributed by atoms with Crippen LogP contribution in [0.1, 0.15) is 18.1 Å². The smallest absolute Gasteiger partial charge is 0.0606 e. The first-order valence-corrected chi connectivity index (χ1v) is 6.14. The van der Waals surface area contributed by atoms with Crippen molar-refractivity contribution in [2.24, 2.45) is 0 Å². The van der Waals surface area contributed by atoms with E-state index in [0.717, 1.165) is 24.1 Å². The lowest BCUT2D eigenvalue weighted by molar-refractivity contribution is 1.11. The van der Waals surface area contributed by atoms with Crippen LogP contribution < -0.4 is 5.73 Å². The van der Waals surface area contributed by atoms with Crippen molar-refractivity contribution in [1.82, 2.24) is 0 Å². The van der Waals surface area contributed by atoms with Crippen LogP contribution in [0, 0.1) is 5.41 Å². The third kappa shape index (κ3) is 2.59. The molecular formula is C16H18N2. The fourth-order valence-electron chi connectivity index (χ4n) is 2.07. The van der Waals surface area contributed by atoms with Crippen LogP contribution in [-0.4, -0.2) is 5.71 Å². The van der Waals surface area contributed by atoms with Crippen molar-refractivity contribution in [1.29, 1.82) is 5.41 Å². The van der Waals surface area contributed by atoms with Crippen LogP contribution >= 0.6 is 0 Å². The molecule has 0 saturated heterocycles. The number of aryl methyl sites for hydroxylation is 1. The fourth-order valence-corrected chi connectivity index (χ4v) is 2.07. The number of anilines is 1. The molecule has 2 heteroatoms. The number of rotatable bonds is 3. The Kier molecular flexibility index (Phi) is 3.47. The first kappa shape index (κ1) is 12.4. The largest absolute Gasteiger partial charge is 0.399 e. The highest BCUT2D eigenvalue weighted by Gasteiger charge is 2.06. The van der Waals surface area contributed by atoms with Gasteiger partial charge < -0.3 is 11.1 Å². The molecule has 0 heterocycles. The summed E-state index contributed by atoms with van der Waals surface area (Å²) in [4.78, 5) is 0. The van der Waals surface area contributed by atoms with Crippen molar-refractivity contribution in [2.75, 3.05) is 5.73 Å². The molecule has 0 radical (unpaired) electrons. The number of hydrogen-bond acceptors (Lipinski definition) is 2. The van der Waals surface area contributed by atoms with E-state index in [4.69, 9.17) is 11.1 Å². The monoisotopic (exact) mass is 238 g/mol. The highest BCUT2D eigenvalue weighted by Crippen LogP contribution is 2.20. The van der Waals surface area contributed by atoms with Crippen molar-refractivity contribution >= 4 is 11.4 Å². The Hall–Kier alpha value is -2.09. The first-order chi connectivity index (χ1) is 8.60. The van der Waals surface area contributed by atoms with Crippen LogP contribution in [-0.2, 0) is 12.8 Å². The molecule has 2 nitrogen and oxygen atoms in total.